The molecule has 1 fully saturated rings. The number of nitrogens with zero attached hydrogens (tertiary/aromatic N) is 1. The normalized spacial score (nSPS) is 16.3. The van der Waals surface area contributed by atoms with Gasteiger partial charge in [0.25, 0.3) is 0 Å². The molecule has 4 nitrogen and oxygen atoms in total. The first-order chi connectivity index (χ1) is 11.8. The number of carbonyl (C=O) groups excluding carboxylic acids is 1. The molecular weight excluding hydrogens is 326 g/mol. The zero-order valence-electron chi connectivity index (χ0n) is 14.2. The highest BCUT2D eigenvalue weighted by molar-refractivity contribution is 5.79. The molecule has 0 aliphatic carbocycles. The van der Waals surface area contributed by atoms with Gasteiger partial charge in [-0.1, -0.05) is 43.5 Å². The summed E-state index contributed by atoms with van der Waals surface area (Å²) in [6, 6.07) is 7.30. The lowest BCUT2D eigenvalue weighted by atomic mass is 10.0. The third kappa shape index (κ3) is 5.26. The number of hydrogen-bond acceptors (Lipinski definition) is 3. The van der Waals surface area contributed by atoms with Crippen LogP contribution in [-0.2, 0) is 16.1 Å². The van der Waals surface area contributed by atoms with E-state index in [0.717, 1.165) is 12.1 Å². The molecule has 1 N–H and O–H groups in total. The minimum atomic E-state index is -3.31. The van der Waals surface area contributed by atoms with Gasteiger partial charge in [-0.05, 0) is 17.2 Å². The Morgan fingerprint density at radius 2 is 2.00 bits per heavy atom. The third-order valence-corrected chi connectivity index (χ3v) is 3.77. The number of alkyl halides is 2. The van der Waals surface area contributed by atoms with Crippen LogP contribution in [0.25, 0.3) is 5.57 Å². The molecule has 2 rings (SSSR count). The Kier molecular flexibility index (Phi) is 6.09. The van der Waals surface area contributed by atoms with Crippen molar-refractivity contribution in [1.82, 2.24) is 10.2 Å². The van der Waals surface area contributed by atoms with Gasteiger partial charge in [0, 0.05) is 32.1 Å². The fourth-order valence-electron chi connectivity index (χ4n) is 2.58. The molecule has 1 heterocycles. The minimum absolute atomic E-state index is 0.0347. The number of carbonyl (C=O) groups is 1. The molecule has 6 heteroatoms. The lowest BCUT2D eigenvalue weighted by Gasteiger charge is -2.27. The summed E-state index contributed by atoms with van der Waals surface area (Å²) in [5, 5.41) is 3.03. The lowest BCUT2D eigenvalue weighted by molar-refractivity contribution is -0.194. The van der Waals surface area contributed by atoms with E-state index >= 15 is 0 Å². The molecule has 0 bridgehead atoms. The first kappa shape index (κ1) is 18.9. The fraction of sp³-hybridized carbons (Fsp3) is 0.316. The number of piperazine rings is 1. The number of amides is 1. The highest BCUT2D eigenvalue weighted by Gasteiger charge is 2.25. The predicted octanol–water partition coefficient (Wildman–Crippen LogP) is 3.33. The van der Waals surface area contributed by atoms with Gasteiger partial charge in [-0.2, -0.15) is 8.78 Å². The largest absolute Gasteiger partial charge is 0.432 e. The molecule has 0 atom stereocenters. The molecule has 0 spiro atoms. The van der Waals surface area contributed by atoms with Crippen LogP contribution >= 0.6 is 0 Å². The van der Waals surface area contributed by atoms with Crippen molar-refractivity contribution >= 4 is 11.5 Å². The Hall–Kier alpha value is -2.47. The van der Waals surface area contributed by atoms with E-state index in [1.54, 1.807) is 17.0 Å². The van der Waals surface area contributed by atoms with Gasteiger partial charge >= 0.3 is 6.11 Å². The van der Waals surface area contributed by atoms with E-state index in [0.29, 0.717) is 37.7 Å². The van der Waals surface area contributed by atoms with Crippen molar-refractivity contribution in [3.63, 3.8) is 0 Å². The third-order valence-electron chi connectivity index (χ3n) is 3.77. The summed E-state index contributed by atoms with van der Waals surface area (Å²) in [4.78, 5) is 13.6. The van der Waals surface area contributed by atoms with E-state index in [4.69, 9.17) is 0 Å². The van der Waals surface area contributed by atoms with Crippen LogP contribution in [0.5, 0.6) is 0 Å². The molecule has 134 valence electrons. The first-order valence-corrected chi connectivity index (χ1v) is 7.98. The fourth-order valence-corrected chi connectivity index (χ4v) is 2.58. The zero-order chi connectivity index (χ0) is 18.4. The van der Waals surface area contributed by atoms with Gasteiger partial charge in [0.1, 0.15) is 5.76 Å². The maximum Gasteiger partial charge on any atom is 0.394 e. The van der Waals surface area contributed by atoms with E-state index in [-0.39, 0.29) is 11.7 Å². The average Bonchev–Trinajstić information content (AvgIpc) is 2.57. The van der Waals surface area contributed by atoms with Gasteiger partial charge in [-0.3, -0.25) is 4.79 Å². The Morgan fingerprint density at radius 3 is 2.52 bits per heavy atom. The second-order valence-corrected chi connectivity index (χ2v) is 5.79. The second-order valence-electron chi connectivity index (χ2n) is 5.79. The SMILES string of the molecule is C=C/C(OC(C)(F)F)=C(\C=C)c1ccc(CN2CCNCC2=O)cc1. The predicted molar refractivity (Wildman–Crippen MR) is 93.7 cm³/mol. The highest BCUT2D eigenvalue weighted by Crippen LogP contribution is 2.27. The van der Waals surface area contributed by atoms with Crippen molar-refractivity contribution in [1.29, 1.82) is 0 Å². The van der Waals surface area contributed by atoms with Crippen molar-refractivity contribution < 1.29 is 18.3 Å². The van der Waals surface area contributed by atoms with Crippen molar-refractivity contribution in [3.8, 4) is 0 Å². The van der Waals surface area contributed by atoms with E-state index in [9.17, 15) is 13.6 Å². The molecule has 1 saturated heterocycles. The number of nitrogens with one attached hydrogen (secondary N) is 1. The number of rotatable bonds is 7. The Balaban J connectivity index is 2.20. The van der Waals surface area contributed by atoms with Gasteiger partial charge in [-0.25, -0.2) is 0 Å². The summed E-state index contributed by atoms with van der Waals surface area (Å²) >= 11 is 0. The number of halogens is 2. The van der Waals surface area contributed by atoms with Gasteiger partial charge in [0.15, 0.2) is 0 Å². The van der Waals surface area contributed by atoms with E-state index < -0.39 is 6.11 Å². The van der Waals surface area contributed by atoms with E-state index in [2.05, 4.69) is 23.2 Å². The maximum absolute atomic E-state index is 13.2. The topological polar surface area (TPSA) is 41.6 Å². The molecule has 1 aliphatic heterocycles. The molecule has 1 aliphatic rings. The smallest absolute Gasteiger partial charge is 0.394 e. The van der Waals surface area contributed by atoms with Crippen molar-refractivity contribution in [2.24, 2.45) is 0 Å². The van der Waals surface area contributed by atoms with Gasteiger partial charge in [0.05, 0.1) is 6.54 Å². The maximum atomic E-state index is 13.2. The van der Waals surface area contributed by atoms with Crippen LogP contribution in [0, 0.1) is 0 Å². The molecular formula is C19H22F2N2O2. The quantitative estimate of drug-likeness (QED) is 0.607. The van der Waals surface area contributed by atoms with Crippen LogP contribution in [0.15, 0.2) is 55.3 Å². The van der Waals surface area contributed by atoms with Crippen LogP contribution in [0.2, 0.25) is 0 Å². The van der Waals surface area contributed by atoms with Gasteiger partial charge < -0.3 is 15.0 Å². The minimum Gasteiger partial charge on any atom is -0.432 e. The molecule has 0 saturated carbocycles. The van der Waals surface area contributed by atoms with E-state index in [1.807, 2.05) is 12.1 Å². The molecule has 1 amide bonds. The summed E-state index contributed by atoms with van der Waals surface area (Å²) in [6.45, 7) is 10.2. The number of allylic oxidation sites excluding steroid dienone is 3. The van der Waals surface area contributed by atoms with Gasteiger partial charge in [-0.15, -0.1) is 0 Å². The summed E-state index contributed by atoms with van der Waals surface area (Å²) < 4.78 is 31.0. The summed E-state index contributed by atoms with van der Waals surface area (Å²) in [5.41, 5.74) is 2.08. The van der Waals surface area contributed by atoms with Crippen molar-refractivity contribution in [2.75, 3.05) is 19.6 Å². The van der Waals surface area contributed by atoms with Crippen LogP contribution < -0.4 is 5.32 Å². The average molecular weight is 348 g/mol. The van der Waals surface area contributed by atoms with Crippen molar-refractivity contribution in [3.05, 3.63) is 66.5 Å². The van der Waals surface area contributed by atoms with Crippen LogP contribution in [0.3, 0.4) is 0 Å². The molecule has 1 aromatic rings. The highest BCUT2D eigenvalue weighted by atomic mass is 19.3. The summed E-state index contributed by atoms with van der Waals surface area (Å²) in [6.07, 6.45) is -0.611. The Morgan fingerprint density at radius 1 is 1.32 bits per heavy atom. The van der Waals surface area contributed by atoms with Crippen molar-refractivity contribution in [2.45, 2.75) is 19.6 Å². The Bertz CT molecular complexity index is 676. The molecule has 25 heavy (non-hydrogen) atoms. The summed E-state index contributed by atoms with van der Waals surface area (Å²) in [7, 11) is 0. The zero-order valence-corrected chi connectivity index (χ0v) is 14.2. The number of hydrogen-bond donors (Lipinski definition) is 1. The number of benzene rings is 1. The lowest BCUT2D eigenvalue weighted by Crippen LogP contribution is -2.47. The van der Waals surface area contributed by atoms with Crippen LogP contribution in [0.1, 0.15) is 18.1 Å². The summed E-state index contributed by atoms with van der Waals surface area (Å²) in [5.74, 6) is 0.0297. The standard InChI is InChI=1S/C19H22F2N2O2/c1-4-16(17(5-2)25-19(3,20)21)15-8-6-14(7-9-15)13-23-11-10-22-12-18(23)24/h4-9,22H,1-2,10-13H2,3H3/b17-16-. The monoisotopic (exact) mass is 348 g/mol. The second kappa shape index (κ2) is 8.07. The Labute approximate surface area is 146 Å². The molecule has 0 aromatic heterocycles. The van der Waals surface area contributed by atoms with E-state index in [1.165, 1.54) is 12.2 Å². The first-order valence-electron chi connectivity index (χ1n) is 7.98. The van der Waals surface area contributed by atoms with Crippen LogP contribution in [0.4, 0.5) is 8.78 Å². The molecule has 0 radical (unpaired) electrons. The molecule has 0 unspecified atom stereocenters. The molecule has 1 aromatic carbocycles. The van der Waals surface area contributed by atoms with Crippen LogP contribution in [-0.4, -0.2) is 36.5 Å². The van der Waals surface area contributed by atoms with Gasteiger partial charge in [0.2, 0.25) is 5.91 Å². The number of ether oxygens (including phenoxy) is 1.